The summed E-state index contributed by atoms with van der Waals surface area (Å²) in [5.41, 5.74) is 5.72. The molecule has 7 heteroatoms. The van der Waals surface area contributed by atoms with Crippen molar-refractivity contribution in [3.05, 3.63) is 148 Å². The first kappa shape index (κ1) is 28.9. The average Bonchev–Trinajstić information content (AvgIpc) is 3.00. The van der Waals surface area contributed by atoms with E-state index in [-0.39, 0.29) is 22.4 Å². The molecule has 210 valence electrons. The molecule has 0 bridgehead atoms. The van der Waals surface area contributed by atoms with Gasteiger partial charge >= 0.3 is 0 Å². The van der Waals surface area contributed by atoms with E-state index < -0.39 is 0 Å². The number of carbonyl (C=O) groups excluding carboxylic acids is 2. The molecule has 1 N–H and O–H groups in total. The monoisotopic (exact) mass is 594 g/mol. The molecule has 0 heterocycles. The Morgan fingerprint density at radius 3 is 2.24 bits per heavy atom. The van der Waals surface area contributed by atoms with Crippen LogP contribution in [0.2, 0.25) is 10.0 Å². The van der Waals surface area contributed by atoms with Gasteiger partial charge in [0.25, 0.3) is 11.8 Å². The SMILES string of the molecule is Cc1ccc(-c2ccccc2C(=O)Nc2ccc(C(=O)N(C)c3ccc(Cl)cc3OCc3ccccc3)c(Cl)c2)cc1. The highest BCUT2D eigenvalue weighted by molar-refractivity contribution is 6.35. The number of ether oxygens (including phenoxy) is 1. The van der Waals surface area contributed by atoms with Crippen molar-refractivity contribution in [2.75, 3.05) is 17.3 Å². The molecule has 5 aromatic rings. The van der Waals surface area contributed by atoms with Crippen molar-refractivity contribution >= 4 is 46.4 Å². The van der Waals surface area contributed by atoms with Crippen LogP contribution in [0.1, 0.15) is 31.8 Å². The third kappa shape index (κ3) is 6.65. The number of nitrogens with zero attached hydrogens (tertiary/aromatic N) is 1. The van der Waals surface area contributed by atoms with Crippen LogP contribution in [-0.2, 0) is 6.61 Å². The Morgan fingerprint density at radius 2 is 1.50 bits per heavy atom. The van der Waals surface area contributed by atoms with E-state index in [1.807, 2.05) is 79.7 Å². The van der Waals surface area contributed by atoms with Crippen molar-refractivity contribution in [2.45, 2.75) is 13.5 Å². The van der Waals surface area contributed by atoms with E-state index in [0.717, 1.165) is 22.3 Å². The van der Waals surface area contributed by atoms with Crippen LogP contribution in [0.15, 0.2) is 115 Å². The lowest BCUT2D eigenvalue weighted by Gasteiger charge is -2.22. The second kappa shape index (κ2) is 12.9. The Balaban J connectivity index is 1.33. The fourth-order valence-electron chi connectivity index (χ4n) is 4.54. The van der Waals surface area contributed by atoms with E-state index in [2.05, 4.69) is 5.32 Å². The standard InChI is InChI=1S/C35H28Cl2N2O3/c1-23-12-14-25(15-13-23)28-10-6-7-11-29(28)34(40)38-27-17-18-30(31(37)21-27)35(41)39(2)32-19-16-26(36)20-33(32)42-22-24-8-4-3-5-9-24/h3-21H,22H2,1-2H3,(H,38,40). The molecule has 0 unspecified atom stereocenters. The number of carbonyl (C=O) groups is 2. The summed E-state index contributed by atoms with van der Waals surface area (Å²) in [5, 5.41) is 3.61. The number of nitrogens with one attached hydrogen (secondary N) is 1. The highest BCUT2D eigenvalue weighted by atomic mass is 35.5. The number of amides is 2. The predicted molar refractivity (Wildman–Crippen MR) is 171 cm³/mol. The molecule has 0 aliphatic carbocycles. The van der Waals surface area contributed by atoms with Crippen molar-refractivity contribution in [3.8, 4) is 16.9 Å². The van der Waals surface area contributed by atoms with Crippen molar-refractivity contribution in [3.63, 3.8) is 0 Å². The number of anilines is 2. The number of benzene rings is 5. The molecule has 5 rings (SSSR count). The van der Waals surface area contributed by atoms with Gasteiger partial charge in [0.15, 0.2) is 0 Å². The Kier molecular flexibility index (Phi) is 8.91. The van der Waals surface area contributed by atoms with Crippen LogP contribution < -0.4 is 15.0 Å². The first-order valence-electron chi connectivity index (χ1n) is 13.3. The zero-order valence-electron chi connectivity index (χ0n) is 23.1. The Labute approximate surface area is 255 Å². The van der Waals surface area contributed by atoms with Crippen LogP contribution in [0.25, 0.3) is 11.1 Å². The third-order valence-electron chi connectivity index (χ3n) is 6.82. The van der Waals surface area contributed by atoms with Gasteiger partial charge in [0.2, 0.25) is 0 Å². The van der Waals surface area contributed by atoms with Gasteiger partial charge in [-0.3, -0.25) is 9.59 Å². The predicted octanol–water partition coefficient (Wildman–Crippen LogP) is 9.08. The lowest BCUT2D eigenvalue weighted by Crippen LogP contribution is -2.27. The summed E-state index contributed by atoms with van der Waals surface area (Å²) >= 11 is 12.8. The molecule has 0 aliphatic heterocycles. The molecule has 5 nitrogen and oxygen atoms in total. The summed E-state index contributed by atoms with van der Waals surface area (Å²) < 4.78 is 6.03. The summed E-state index contributed by atoms with van der Waals surface area (Å²) in [6, 6.07) is 35.1. The fraction of sp³-hybridized carbons (Fsp3) is 0.0857. The van der Waals surface area contributed by atoms with Crippen LogP contribution in [0, 0.1) is 6.92 Å². The minimum atomic E-state index is -0.338. The zero-order valence-corrected chi connectivity index (χ0v) is 24.6. The number of hydrogen-bond donors (Lipinski definition) is 1. The topological polar surface area (TPSA) is 58.6 Å². The van der Waals surface area contributed by atoms with E-state index in [1.165, 1.54) is 4.90 Å². The van der Waals surface area contributed by atoms with Crippen LogP contribution in [-0.4, -0.2) is 18.9 Å². The van der Waals surface area contributed by atoms with Gasteiger partial charge in [-0.05, 0) is 60.0 Å². The molecule has 0 aliphatic rings. The maximum Gasteiger partial charge on any atom is 0.259 e. The van der Waals surface area contributed by atoms with Crippen LogP contribution in [0.3, 0.4) is 0 Å². The van der Waals surface area contributed by atoms with Gasteiger partial charge in [0.1, 0.15) is 12.4 Å². The van der Waals surface area contributed by atoms with Gasteiger partial charge in [-0.2, -0.15) is 0 Å². The van der Waals surface area contributed by atoms with Gasteiger partial charge < -0.3 is 15.0 Å². The van der Waals surface area contributed by atoms with Crippen molar-refractivity contribution < 1.29 is 14.3 Å². The zero-order chi connectivity index (χ0) is 29.6. The molecule has 0 fully saturated rings. The first-order valence-corrected chi connectivity index (χ1v) is 14.1. The molecule has 0 aromatic heterocycles. The van der Waals surface area contributed by atoms with Gasteiger partial charge in [-0.15, -0.1) is 0 Å². The summed E-state index contributed by atoms with van der Waals surface area (Å²) in [5.74, 6) is -0.149. The number of halogens is 2. The number of rotatable bonds is 8. The first-order chi connectivity index (χ1) is 20.3. The molecule has 0 atom stereocenters. The van der Waals surface area contributed by atoms with Gasteiger partial charge in [-0.25, -0.2) is 0 Å². The van der Waals surface area contributed by atoms with E-state index in [1.54, 1.807) is 49.5 Å². The Morgan fingerprint density at radius 1 is 0.786 bits per heavy atom. The highest BCUT2D eigenvalue weighted by Gasteiger charge is 2.21. The smallest absolute Gasteiger partial charge is 0.259 e. The molecule has 0 saturated carbocycles. The summed E-state index contributed by atoms with van der Waals surface area (Å²) in [7, 11) is 1.65. The Hall–Kier alpha value is -4.58. The third-order valence-corrected chi connectivity index (χ3v) is 7.36. The normalized spacial score (nSPS) is 10.7. The quantitative estimate of drug-likeness (QED) is 0.195. The minimum absolute atomic E-state index is 0.206. The van der Waals surface area contributed by atoms with E-state index in [0.29, 0.717) is 34.3 Å². The molecular formula is C35H28Cl2N2O3. The molecule has 5 aromatic carbocycles. The lowest BCUT2D eigenvalue weighted by atomic mass is 9.98. The maximum atomic E-state index is 13.5. The summed E-state index contributed by atoms with van der Waals surface area (Å²) in [4.78, 5) is 28.3. The average molecular weight is 596 g/mol. The highest BCUT2D eigenvalue weighted by Crippen LogP contribution is 2.34. The van der Waals surface area contributed by atoms with Gasteiger partial charge in [-0.1, -0.05) is 102 Å². The maximum absolute atomic E-state index is 13.5. The molecule has 0 saturated heterocycles. The van der Waals surface area contributed by atoms with Crippen molar-refractivity contribution in [2.24, 2.45) is 0 Å². The second-order valence-electron chi connectivity index (χ2n) is 9.81. The van der Waals surface area contributed by atoms with Crippen molar-refractivity contribution in [1.82, 2.24) is 0 Å². The second-order valence-corrected chi connectivity index (χ2v) is 10.7. The summed E-state index contributed by atoms with van der Waals surface area (Å²) in [6.07, 6.45) is 0. The van der Waals surface area contributed by atoms with Crippen LogP contribution in [0.5, 0.6) is 5.75 Å². The van der Waals surface area contributed by atoms with E-state index in [9.17, 15) is 9.59 Å². The Bertz CT molecular complexity index is 1740. The van der Waals surface area contributed by atoms with Crippen molar-refractivity contribution in [1.29, 1.82) is 0 Å². The van der Waals surface area contributed by atoms with Gasteiger partial charge in [0.05, 0.1) is 16.3 Å². The van der Waals surface area contributed by atoms with Crippen LogP contribution >= 0.6 is 23.2 Å². The van der Waals surface area contributed by atoms with Crippen LogP contribution in [0.4, 0.5) is 11.4 Å². The number of aryl methyl sites for hydroxylation is 1. The van der Waals surface area contributed by atoms with E-state index >= 15 is 0 Å². The lowest BCUT2D eigenvalue weighted by molar-refractivity contribution is 0.0991. The molecule has 0 spiro atoms. The molecule has 0 radical (unpaired) electrons. The van der Waals surface area contributed by atoms with Gasteiger partial charge in [0, 0.05) is 29.4 Å². The minimum Gasteiger partial charge on any atom is -0.487 e. The fourth-order valence-corrected chi connectivity index (χ4v) is 4.96. The molecule has 2 amide bonds. The largest absolute Gasteiger partial charge is 0.487 e. The van der Waals surface area contributed by atoms with E-state index in [4.69, 9.17) is 27.9 Å². The molecular weight excluding hydrogens is 567 g/mol. The molecule has 42 heavy (non-hydrogen) atoms. The number of hydrogen-bond acceptors (Lipinski definition) is 3. The summed E-state index contributed by atoms with van der Waals surface area (Å²) in [6.45, 7) is 2.34.